The van der Waals surface area contributed by atoms with Gasteiger partial charge < -0.3 is 23.9 Å². The van der Waals surface area contributed by atoms with Crippen LogP contribution in [0.1, 0.15) is 10.4 Å². The lowest BCUT2D eigenvalue weighted by atomic mass is 10.2. The second-order valence-corrected chi connectivity index (χ2v) is 8.38. The number of carbonyl (C=O) groups is 1. The number of fused-ring (bicyclic) bond motifs is 1. The Bertz CT molecular complexity index is 1420. The van der Waals surface area contributed by atoms with Crippen LogP contribution in [0, 0.1) is 0 Å². The summed E-state index contributed by atoms with van der Waals surface area (Å²) in [5, 5.41) is 6.06. The topological polar surface area (TPSA) is 94.9 Å². The molecule has 2 N–H and O–H groups in total. The number of aromatic nitrogens is 1. The Morgan fingerprint density at radius 2 is 1.66 bits per heavy atom. The first-order valence-corrected chi connectivity index (χ1v) is 11.3. The third kappa shape index (κ3) is 5.27. The molecule has 35 heavy (non-hydrogen) atoms. The zero-order valence-electron chi connectivity index (χ0n) is 18.8. The zero-order chi connectivity index (χ0) is 25.1. The first kappa shape index (κ1) is 24.6. The highest BCUT2D eigenvalue weighted by atomic mass is 35.5. The van der Waals surface area contributed by atoms with Crippen molar-refractivity contribution in [2.45, 2.75) is 0 Å². The second kappa shape index (κ2) is 10.4. The Morgan fingerprint density at radius 3 is 2.31 bits per heavy atom. The molecule has 0 bridgehead atoms. The van der Waals surface area contributed by atoms with E-state index in [0.29, 0.717) is 39.9 Å². The van der Waals surface area contributed by atoms with E-state index in [0.717, 1.165) is 5.56 Å². The number of methoxy groups -OCH3 is 3. The molecule has 0 spiro atoms. The van der Waals surface area contributed by atoms with Crippen molar-refractivity contribution in [1.29, 1.82) is 0 Å². The largest absolute Gasteiger partial charge is 0.494 e. The van der Waals surface area contributed by atoms with Crippen LogP contribution in [0.15, 0.2) is 52.9 Å². The van der Waals surface area contributed by atoms with Crippen LogP contribution >= 0.6 is 35.4 Å². The van der Waals surface area contributed by atoms with Crippen molar-refractivity contribution < 1.29 is 23.4 Å². The van der Waals surface area contributed by atoms with E-state index in [1.54, 1.807) is 44.6 Å². The number of benzene rings is 3. The standard InChI is InChI=1S/C24H19Cl2N3O5S/c1-31-19-6-4-12(10-20(19)32-2)23-28-17-11-14(5-7-18(17)34-23)27-24(35)29-22(30)13-8-15(25)21(33-3)16(26)9-13/h4-11H,1-3H3,(H2,27,29,30,35). The molecule has 8 nitrogen and oxygen atoms in total. The van der Waals surface area contributed by atoms with Crippen LogP contribution in [-0.2, 0) is 0 Å². The Hall–Kier alpha value is -3.53. The van der Waals surface area contributed by atoms with Gasteiger partial charge in [-0.2, -0.15) is 0 Å². The van der Waals surface area contributed by atoms with Gasteiger partial charge in [-0.05, 0) is 60.7 Å². The van der Waals surface area contributed by atoms with Crippen molar-refractivity contribution in [1.82, 2.24) is 10.3 Å². The number of oxazole rings is 1. The monoisotopic (exact) mass is 531 g/mol. The third-order valence-corrected chi connectivity index (χ3v) is 5.73. The van der Waals surface area contributed by atoms with Crippen molar-refractivity contribution in [2.75, 3.05) is 26.6 Å². The van der Waals surface area contributed by atoms with Crippen molar-refractivity contribution in [3.63, 3.8) is 0 Å². The Kier molecular flexibility index (Phi) is 7.30. The van der Waals surface area contributed by atoms with E-state index >= 15 is 0 Å². The number of nitrogens with one attached hydrogen (secondary N) is 2. The summed E-state index contributed by atoms with van der Waals surface area (Å²) >= 11 is 17.5. The van der Waals surface area contributed by atoms with E-state index in [4.69, 9.17) is 54.0 Å². The van der Waals surface area contributed by atoms with Crippen LogP contribution in [0.25, 0.3) is 22.6 Å². The molecule has 0 atom stereocenters. The van der Waals surface area contributed by atoms with Crippen LogP contribution in [0.5, 0.6) is 17.2 Å². The van der Waals surface area contributed by atoms with Crippen molar-refractivity contribution in [3.8, 4) is 28.7 Å². The number of rotatable bonds is 6. The molecule has 0 unspecified atom stereocenters. The fourth-order valence-corrected chi connectivity index (χ4v) is 4.17. The fourth-order valence-electron chi connectivity index (χ4n) is 3.32. The smallest absolute Gasteiger partial charge is 0.257 e. The van der Waals surface area contributed by atoms with Crippen LogP contribution in [-0.4, -0.2) is 37.3 Å². The Labute approximate surface area is 216 Å². The van der Waals surface area contributed by atoms with Gasteiger partial charge in [-0.25, -0.2) is 4.98 Å². The summed E-state index contributed by atoms with van der Waals surface area (Å²) in [5.41, 5.74) is 2.76. The Morgan fingerprint density at radius 1 is 0.943 bits per heavy atom. The van der Waals surface area contributed by atoms with Crippen molar-refractivity contribution in [2.24, 2.45) is 0 Å². The molecule has 0 saturated heterocycles. The lowest BCUT2D eigenvalue weighted by Gasteiger charge is -2.11. The van der Waals surface area contributed by atoms with Gasteiger partial charge in [0.05, 0.1) is 31.4 Å². The van der Waals surface area contributed by atoms with Gasteiger partial charge >= 0.3 is 0 Å². The number of hydrogen-bond donors (Lipinski definition) is 2. The maximum Gasteiger partial charge on any atom is 0.257 e. The van der Waals surface area contributed by atoms with E-state index in [1.165, 1.54) is 19.2 Å². The van der Waals surface area contributed by atoms with Gasteiger partial charge in [0.1, 0.15) is 5.52 Å². The molecule has 4 aromatic rings. The highest BCUT2D eigenvalue weighted by molar-refractivity contribution is 7.80. The number of nitrogens with zero attached hydrogens (tertiary/aromatic N) is 1. The fraction of sp³-hybridized carbons (Fsp3) is 0.125. The normalized spacial score (nSPS) is 10.7. The number of hydrogen-bond acceptors (Lipinski definition) is 7. The van der Waals surface area contributed by atoms with Gasteiger partial charge in [-0.3, -0.25) is 10.1 Å². The predicted molar refractivity (Wildman–Crippen MR) is 139 cm³/mol. The summed E-state index contributed by atoms with van der Waals surface area (Å²) in [6.07, 6.45) is 0. The molecule has 0 aliphatic carbocycles. The molecule has 1 amide bonds. The minimum Gasteiger partial charge on any atom is -0.494 e. The van der Waals surface area contributed by atoms with Crippen molar-refractivity contribution in [3.05, 3.63) is 64.1 Å². The number of carbonyl (C=O) groups excluding carboxylic acids is 1. The predicted octanol–water partition coefficient (Wildman–Crippen LogP) is 5.95. The summed E-state index contributed by atoms with van der Waals surface area (Å²) < 4.78 is 21.6. The third-order valence-electron chi connectivity index (χ3n) is 4.97. The molecule has 1 heterocycles. The minimum absolute atomic E-state index is 0.0843. The van der Waals surface area contributed by atoms with Gasteiger partial charge in [0.15, 0.2) is 27.9 Å². The SMILES string of the molecule is COc1ccc(-c2nc3cc(NC(=S)NC(=O)c4cc(Cl)c(OC)c(Cl)c4)ccc3o2)cc1OC. The number of halogens is 2. The molecule has 0 aliphatic heterocycles. The Balaban J connectivity index is 1.49. The van der Waals surface area contributed by atoms with E-state index in [9.17, 15) is 4.79 Å². The molecule has 11 heteroatoms. The van der Waals surface area contributed by atoms with Gasteiger partial charge in [-0.1, -0.05) is 23.2 Å². The maximum atomic E-state index is 12.6. The molecule has 4 rings (SSSR count). The first-order valence-electron chi connectivity index (χ1n) is 10.1. The lowest BCUT2D eigenvalue weighted by Crippen LogP contribution is -2.34. The number of ether oxygens (including phenoxy) is 3. The van der Waals surface area contributed by atoms with Gasteiger partial charge in [-0.15, -0.1) is 0 Å². The van der Waals surface area contributed by atoms with Crippen LogP contribution < -0.4 is 24.8 Å². The average Bonchev–Trinajstić information content (AvgIpc) is 3.26. The average molecular weight is 532 g/mol. The van der Waals surface area contributed by atoms with E-state index < -0.39 is 5.91 Å². The summed E-state index contributed by atoms with van der Waals surface area (Å²) in [6, 6.07) is 13.5. The molecule has 1 aromatic heterocycles. The van der Waals surface area contributed by atoms with Crippen LogP contribution in [0.4, 0.5) is 5.69 Å². The van der Waals surface area contributed by atoms with Gasteiger partial charge in [0.25, 0.3) is 5.91 Å². The molecule has 0 saturated carbocycles. The molecule has 180 valence electrons. The lowest BCUT2D eigenvalue weighted by molar-refractivity contribution is 0.0977. The summed E-state index contributed by atoms with van der Waals surface area (Å²) in [6.45, 7) is 0. The van der Waals surface area contributed by atoms with E-state index in [1.807, 2.05) is 6.07 Å². The number of amides is 1. The summed E-state index contributed by atoms with van der Waals surface area (Å²) in [4.78, 5) is 17.1. The second-order valence-electron chi connectivity index (χ2n) is 7.15. The molecular formula is C24H19Cl2N3O5S. The van der Waals surface area contributed by atoms with E-state index in [-0.39, 0.29) is 20.7 Å². The molecule has 3 aromatic carbocycles. The van der Waals surface area contributed by atoms with Crippen molar-refractivity contribution >= 4 is 63.2 Å². The first-order chi connectivity index (χ1) is 16.8. The summed E-state index contributed by atoms with van der Waals surface area (Å²) in [7, 11) is 4.57. The van der Waals surface area contributed by atoms with Crippen LogP contribution in [0.3, 0.4) is 0 Å². The number of thiocarbonyl (C=S) groups is 1. The quantitative estimate of drug-likeness (QED) is 0.294. The van der Waals surface area contributed by atoms with Crippen LogP contribution in [0.2, 0.25) is 10.0 Å². The highest BCUT2D eigenvalue weighted by Crippen LogP contribution is 2.35. The molecule has 0 radical (unpaired) electrons. The zero-order valence-corrected chi connectivity index (χ0v) is 21.1. The minimum atomic E-state index is -0.479. The molecule has 0 fully saturated rings. The summed E-state index contributed by atoms with van der Waals surface area (Å²) in [5.74, 6) is 1.40. The number of anilines is 1. The molecular weight excluding hydrogens is 513 g/mol. The van der Waals surface area contributed by atoms with E-state index in [2.05, 4.69) is 15.6 Å². The van der Waals surface area contributed by atoms with Gasteiger partial charge in [0, 0.05) is 16.8 Å². The maximum absolute atomic E-state index is 12.6. The highest BCUT2D eigenvalue weighted by Gasteiger charge is 2.16. The molecule has 0 aliphatic rings. The van der Waals surface area contributed by atoms with Gasteiger partial charge in [0.2, 0.25) is 5.89 Å².